The molecule has 0 bridgehead atoms. The summed E-state index contributed by atoms with van der Waals surface area (Å²) in [4.78, 5) is 10.6. The van der Waals surface area contributed by atoms with Crippen LogP contribution < -0.4 is 14.2 Å². The Morgan fingerprint density at radius 2 is 1.84 bits per heavy atom. The second kappa shape index (κ2) is 8.94. The van der Waals surface area contributed by atoms with Gasteiger partial charge in [0.25, 0.3) is 0 Å². The van der Waals surface area contributed by atoms with Crippen molar-refractivity contribution in [3.63, 3.8) is 0 Å². The van der Waals surface area contributed by atoms with Crippen molar-refractivity contribution in [2.45, 2.75) is 18.9 Å². The van der Waals surface area contributed by atoms with E-state index in [1.165, 1.54) is 0 Å². The van der Waals surface area contributed by atoms with E-state index in [0.717, 1.165) is 5.56 Å². The smallest absolute Gasteiger partial charge is 0.341 e. The lowest BCUT2D eigenvalue weighted by Gasteiger charge is -2.14. The second-order valence-corrected chi connectivity index (χ2v) is 5.50. The molecule has 6 heteroatoms. The van der Waals surface area contributed by atoms with Crippen molar-refractivity contribution < 1.29 is 29.2 Å². The van der Waals surface area contributed by atoms with Crippen LogP contribution in [0, 0.1) is 0 Å². The van der Waals surface area contributed by atoms with Crippen molar-refractivity contribution in [3.05, 3.63) is 53.6 Å². The third-order valence-corrected chi connectivity index (χ3v) is 3.76. The minimum absolute atomic E-state index is 0.412. The molecule has 0 fully saturated rings. The molecular formula is C19H22O6. The highest BCUT2D eigenvalue weighted by atomic mass is 16.5. The Balaban J connectivity index is 1.99. The van der Waals surface area contributed by atoms with Gasteiger partial charge in [0.15, 0.2) is 18.1 Å². The Bertz CT molecular complexity index is 713. The summed E-state index contributed by atoms with van der Waals surface area (Å²) in [7, 11) is 3.17. The number of carboxylic acids is 1. The zero-order chi connectivity index (χ0) is 18.2. The zero-order valence-corrected chi connectivity index (χ0v) is 14.3. The molecular weight excluding hydrogens is 324 g/mol. The molecule has 2 aromatic rings. The zero-order valence-electron chi connectivity index (χ0n) is 14.3. The summed E-state index contributed by atoms with van der Waals surface area (Å²) in [6, 6.07) is 12.5. The highest BCUT2D eigenvalue weighted by molar-refractivity contribution is 5.68. The van der Waals surface area contributed by atoms with Gasteiger partial charge in [0.1, 0.15) is 5.75 Å². The first-order chi connectivity index (χ1) is 12.0. The number of hydrogen-bond donors (Lipinski definition) is 2. The van der Waals surface area contributed by atoms with Gasteiger partial charge in [-0.05, 0) is 48.2 Å². The number of benzene rings is 2. The number of carboxylic acid groups (broad SMARTS) is 1. The summed E-state index contributed by atoms with van der Waals surface area (Å²) >= 11 is 0. The number of rotatable bonds is 9. The normalized spacial score (nSPS) is 11.6. The fraction of sp³-hybridized carbons (Fsp3) is 0.316. The lowest BCUT2D eigenvalue weighted by molar-refractivity contribution is -0.139. The van der Waals surface area contributed by atoms with E-state index in [0.29, 0.717) is 35.7 Å². The Hall–Kier alpha value is -2.73. The maximum Gasteiger partial charge on any atom is 0.341 e. The fourth-order valence-electron chi connectivity index (χ4n) is 2.46. The van der Waals surface area contributed by atoms with Gasteiger partial charge in [0.2, 0.25) is 0 Å². The van der Waals surface area contributed by atoms with Crippen molar-refractivity contribution in [2.24, 2.45) is 0 Å². The van der Waals surface area contributed by atoms with E-state index in [1.807, 2.05) is 18.2 Å². The summed E-state index contributed by atoms with van der Waals surface area (Å²) in [6.07, 6.45) is 0.487. The van der Waals surface area contributed by atoms with Crippen LogP contribution in [0.2, 0.25) is 0 Å². The van der Waals surface area contributed by atoms with Crippen LogP contribution in [0.1, 0.15) is 23.7 Å². The number of hydrogen-bond acceptors (Lipinski definition) is 5. The molecule has 2 aromatic carbocycles. The standard InChI is InChI=1S/C19H22O6/c1-23-17-9-7-13(10-18(17)24-2)6-8-16(20)14-4-3-5-15(11-14)25-12-19(21)22/h3-5,7,9-11,16,20H,6,8,12H2,1-2H3,(H,21,22)/t16-/m1/s1. The molecule has 2 N–H and O–H groups in total. The van der Waals surface area contributed by atoms with Crippen LogP contribution in [0.25, 0.3) is 0 Å². The molecule has 0 saturated carbocycles. The third kappa shape index (κ3) is 5.39. The van der Waals surface area contributed by atoms with Crippen LogP contribution in [0.5, 0.6) is 17.2 Å². The minimum atomic E-state index is -1.04. The summed E-state index contributed by atoms with van der Waals surface area (Å²) in [6.45, 7) is -0.412. The number of aryl methyl sites for hydroxylation is 1. The van der Waals surface area contributed by atoms with E-state index in [1.54, 1.807) is 38.5 Å². The van der Waals surface area contributed by atoms with E-state index in [2.05, 4.69) is 0 Å². The van der Waals surface area contributed by atoms with Crippen LogP contribution in [0.15, 0.2) is 42.5 Å². The van der Waals surface area contributed by atoms with E-state index < -0.39 is 18.7 Å². The molecule has 6 nitrogen and oxygen atoms in total. The monoisotopic (exact) mass is 346 g/mol. The lowest BCUT2D eigenvalue weighted by atomic mass is 10.0. The van der Waals surface area contributed by atoms with Crippen molar-refractivity contribution >= 4 is 5.97 Å². The van der Waals surface area contributed by atoms with E-state index >= 15 is 0 Å². The Labute approximate surface area is 146 Å². The van der Waals surface area contributed by atoms with Crippen LogP contribution in [-0.2, 0) is 11.2 Å². The predicted octanol–water partition coefficient (Wildman–Crippen LogP) is 2.83. The largest absolute Gasteiger partial charge is 0.493 e. The van der Waals surface area contributed by atoms with Gasteiger partial charge in [0.05, 0.1) is 20.3 Å². The average Bonchev–Trinajstić information content (AvgIpc) is 2.64. The molecule has 0 radical (unpaired) electrons. The van der Waals surface area contributed by atoms with Gasteiger partial charge in [0, 0.05) is 0 Å². The first kappa shape index (κ1) is 18.6. The Morgan fingerprint density at radius 1 is 1.08 bits per heavy atom. The second-order valence-electron chi connectivity index (χ2n) is 5.50. The van der Waals surface area contributed by atoms with Gasteiger partial charge in [-0.1, -0.05) is 18.2 Å². The number of aliphatic hydroxyl groups is 1. The Morgan fingerprint density at radius 3 is 2.52 bits per heavy atom. The minimum Gasteiger partial charge on any atom is -0.493 e. The summed E-state index contributed by atoms with van der Waals surface area (Å²) < 4.78 is 15.6. The Kier molecular flexibility index (Phi) is 6.65. The molecule has 0 aliphatic heterocycles. The average molecular weight is 346 g/mol. The maximum atomic E-state index is 10.6. The summed E-state index contributed by atoms with van der Waals surface area (Å²) in [5.74, 6) is 0.693. The molecule has 0 aliphatic rings. The van der Waals surface area contributed by atoms with E-state index in [9.17, 15) is 9.90 Å². The van der Waals surface area contributed by atoms with Gasteiger partial charge in [-0.3, -0.25) is 0 Å². The number of aliphatic hydroxyl groups excluding tert-OH is 1. The van der Waals surface area contributed by atoms with Crippen LogP contribution in [0.3, 0.4) is 0 Å². The molecule has 0 aliphatic carbocycles. The number of methoxy groups -OCH3 is 2. The van der Waals surface area contributed by atoms with Gasteiger partial charge in [-0.15, -0.1) is 0 Å². The molecule has 0 unspecified atom stereocenters. The number of carbonyl (C=O) groups is 1. The van der Waals surface area contributed by atoms with Crippen LogP contribution in [-0.4, -0.2) is 37.0 Å². The highest BCUT2D eigenvalue weighted by Gasteiger charge is 2.11. The van der Waals surface area contributed by atoms with E-state index in [-0.39, 0.29) is 0 Å². The molecule has 2 rings (SSSR count). The van der Waals surface area contributed by atoms with Crippen molar-refractivity contribution in [1.82, 2.24) is 0 Å². The molecule has 0 heterocycles. The SMILES string of the molecule is COc1ccc(CC[C@@H](O)c2cccc(OCC(=O)O)c2)cc1OC. The lowest BCUT2D eigenvalue weighted by Crippen LogP contribution is -2.09. The first-order valence-electron chi connectivity index (χ1n) is 7.87. The maximum absolute atomic E-state index is 10.6. The topological polar surface area (TPSA) is 85.2 Å². The van der Waals surface area contributed by atoms with Crippen molar-refractivity contribution in [2.75, 3.05) is 20.8 Å². The molecule has 1 atom stereocenters. The third-order valence-electron chi connectivity index (χ3n) is 3.76. The molecule has 0 spiro atoms. The quantitative estimate of drug-likeness (QED) is 0.726. The molecule has 0 saturated heterocycles. The summed E-state index contributed by atoms with van der Waals surface area (Å²) in [5.41, 5.74) is 1.71. The summed E-state index contributed by atoms with van der Waals surface area (Å²) in [5, 5.41) is 19.0. The molecule has 134 valence electrons. The highest BCUT2D eigenvalue weighted by Crippen LogP contribution is 2.29. The van der Waals surface area contributed by atoms with Crippen LogP contribution in [0.4, 0.5) is 0 Å². The number of ether oxygens (including phenoxy) is 3. The first-order valence-corrected chi connectivity index (χ1v) is 7.87. The molecule has 0 amide bonds. The van der Waals surface area contributed by atoms with Gasteiger partial charge in [-0.25, -0.2) is 4.79 Å². The van der Waals surface area contributed by atoms with Gasteiger partial charge >= 0.3 is 5.97 Å². The van der Waals surface area contributed by atoms with E-state index in [4.69, 9.17) is 19.3 Å². The van der Waals surface area contributed by atoms with Gasteiger partial charge in [-0.2, -0.15) is 0 Å². The van der Waals surface area contributed by atoms with Gasteiger partial charge < -0.3 is 24.4 Å². The molecule has 0 aromatic heterocycles. The number of aliphatic carboxylic acids is 1. The van der Waals surface area contributed by atoms with Crippen LogP contribution >= 0.6 is 0 Å². The fourth-order valence-corrected chi connectivity index (χ4v) is 2.46. The molecule has 25 heavy (non-hydrogen) atoms. The van der Waals surface area contributed by atoms with Crippen molar-refractivity contribution in [3.8, 4) is 17.2 Å². The van der Waals surface area contributed by atoms with Crippen molar-refractivity contribution in [1.29, 1.82) is 0 Å². The predicted molar refractivity (Wildman–Crippen MR) is 92.4 cm³/mol.